The van der Waals surface area contributed by atoms with Crippen LogP contribution in [0.5, 0.6) is 11.5 Å². The fraction of sp³-hybridized carbons (Fsp3) is 0.143. The van der Waals surface area contributed by atoms with Gasteiger partial charge in [0.2, 0.25) is 0 Å². The van der Waals surface area contributed by atoms with E-state index in [0.29, 0.717) is 0 Å². The second-order valence-electron chi connectivity index (χ2n) is 3.41. The van der Waals surface area contributed by atoms with Gasteiger partial charge < -0.3 is 9.47 Å². The van der Waals surface area contributed by atoms with Crippen LogP contribution in [0.25, 0.3) is 0 Å². The lowest BCUT2D eigenvalue weighted by atomic mass is 10.3. The molecule has 2 rings (SSSR count). The van der Waals surface area contributed by atoms with Gasteiger partial charge in [0, 0.05) is 4.90 Å². The molecule has 0 atom stereocenters. The summed E-state index contributed by atoms with van der Waals surface area (Å²) >= 11 is 1.64. The Hall–Kier alpha value is -1.61. The van der Waals surface area contributed by atoms with Crippen molar-refractivity contribution in [3.8, 4) is 11.5 Å². The maximum atomic E-state index is 5.36. The number of rotatable bonds is 4. The van der Waals surface area contributed by atoms with Gasteiger partial charge in [0.25, 0.3) is 0 Å². The third kappa shape index (κ3) is 2.74. The molecule has 0 N–H and O–H groups in total. The van der Waals surface area contributed by atoms with Gasteiger partial charge in [-0.1, -0.05) is 36.0 Å². The smallest absolute Gasteiger partial charge is 0.136 e. The van der Waals surface area contributed by atoms with Gasteiger partial charge in [-0.2, -0.15) is 0 Å². The van der Waals surface area contributed by atoms with Crippen LogP contribution in [0.1, 0.15) is 0 Å². The molecule has 0 unspecified atom stereocenters. The Kier molecular flexibility index (Phi) is 3.94. The average Bonchev–Trinajstić information content (AvgIpc) is 2.40. The molecule has 88 valence electrons. The monoisotopic (exact) mass is 246 g/mol. The lowest BCUT2D eigenvalue weighted by molar-refractivity contribution is 0.376. The molecule has 0 saturated carbocycles. The zero-order valence-electron chi connectivity index (χ0n) is 9.84. The van der Waals surface area contributed by atoms with Crippen molar-refractivity contribution in [3.05, 3.63) is 48.5 Å². The Morgan fingerprint density at radius 3 is 1.88 bits per heavy atom. The predicted molar refractivity (Wildman–Crippen MR) is 70.1 cm³/mol. The summed E-state index contributed by atoms with van der Waals surface area (Å²) in [5.41, 5.74) is 0. The lowest BCUT2D eigenvalue weighted by Gasteiger charge is -2.12. The molecule has 2 aromatic rings. The molecule has 0 aliphatic heterocycles. The molecule has 0 heterocycles. The highest BCUT2D eigenvalue weighted by Crippen LogP contribution is 2.41. The van der Waals surface area contributed by atoms with E-state index in [1.54, 1.807) is 26.0 Å². The predicted octanol–water partition coefficient (Wildman–Crippen LogP) is 3.86. The summed E-state index contributed by atoms with van der Waals surface area (Å²) in [7, 11) is 3.34. The highest BCUT2D eigenvalue weighted by Gasteiger charge is 2.10. The summed E-state index contributed by atoms with van der Waals surface area (Å²) in [5.74, 6) is 1.66. The largest absolute Gasteiger partial charge is 0.495 e. The summed E-state index contributed by atoms with van der Waals surface area (Å²) in [6.07, 6.45) is 0. The Bertz CT molecular complexity index is 461. The molecule has 0 amide bonds. The van der Waals surface area contributed by atoms with Gasteiger partial charge in [0.05, 0.1) is 19.1 Å². The number of hydrogen-bond acceptors (Lipinski definition) is 3. The van der Waals surface area contributed by atoms with Crippen LogP contribution < -0.4 is 9.47 Å². The van der Waals surface area contributed by atoms with E-state index >= 15 is 0 Å². The average molecular weight is 246 g/mol. The molecule has 2 nitrogen and oxygen atoms in total. The van der Waals surface area contributed by atoms with E-state index in [-0.39, 0.29) is 0 Å². The molecule has 0 radical (unpaired) electrons. The standard InChI is InChI=1S/C14H14O2S/c1-15-12-9-6-10-13(16-2)14(12)17-11-7-4-3-5-8-11/h3-10H,1-2H3. The van der Waals surface area contributed by atoms with E-state index in [2.05, 4.69) is 12.1 Å². The second kappa shape index (κ2) is 5.64. The van der Waals surface area contributed by atoms with E-state index in [4.69, 9.17) is 9.47 Å². The first-order valence-electron chi connectivity index (χ1n) is 5.29. The molecule has 3 heteroatoms. The molecular formula is C14H14O2S. The maximum absolute atomic E-state index is 5.36. The lowest BCUT2D eigenvalue weighted by Crippen LogP contribution is -1.91. The molecule has 0 spiro atoms. The van der Waals surface area contributed by atoms with Crippen molar-refractivity contribution in [3.63, 3.8) is 0 Å². The van der Waals surface area contributed by atoms with E-state index in [1.165, 1.54) is 0 Å². The summed E-state index contributed by atoms with van der Waals surface area (Å²) < 4.78 is 10.7. The molecular weight excluding hydrogens is 232 g/mol. The molecule has 0 aliphatic carbocycles. The fourth-order valence-corrected chi connectivity index (χ4v) is 2.56. The normalized spacial score (nSPS) is 10.0. The first kappa shape index (κ1) is 11.9. The molecule has 0 aliphatic rings. The second-order valence-corrected chi connectivity index (χ2v) is 4.49. The minimum Gasteiger partial charge on any atom is -0.495 e. The SMILES string of the molecule is COc1cccc(OC)c1Sc1ccccc1. The van der Waals surface area contributed by atoms with Crippen LogP contribution in [0.15, 0.2) is 58.3 Å². The van der Waals surface area contributed by atoms with Gasteiger partial charge in [-0.15, -0.1) is 0 Å². The molecule has 2 aromatic carbocycles. The van der Waals surface area contributed by atoms with Crippen molar-refractivity contribution in [1.82, 2.24) is 0 Å². The quantitative estimate of drug-likeness (QED) is 0.816. The van der Waals surface area contributed by atoms with Crippen molar-refractivity contribution in [2.45, 2.75) is 9.79 Å². The van der Waals surface area contributed by atoms with E-state index in [1.807, 2.05) is 36.4 Å². The van der Waals surface area contributed by atoms with Crippen molar-refractivity contribution in [2.24, 2.45) is 0 Å². The molecule has 0 fully saturated rings. The minimum absolute atomic E-state index is 0.832. The first-order valence-corrected chi connectivity index (χ1v) is 6.10. The van der Waals surface area contributed by atoms with Gasteiger partial charge >= 0.3 is 0 Å². The Balaban J connectivity index is 2.37. The summed E-state index contributed by atoms with van der Waals surface area (Å²) in [6.45, 7) is 0. The van der Waals surface area contributed by atoms with E-state index in [0.717, 1.165) is 21.3 Å². The Morgan fingerprint density at radius 1 is 0.765 bits per heavy atom. The zero-order valence-corrected chi connectivity index (χ0v) is 10.7. The van der Waals surface area contributed by atoms with Gasteiger partial charge in [-0.05, 0) is 24.3 Å². The zero-order chi connectivity index (χ0) is 12.1. The highest BCUT2D eigenvalue weighted by molar-refractivity contribution is 7.99. The number of benzene rings is 2. The van der Waals surface area contributed by atoms with Crippen molar-refractivity contribution in [1.29, 1.82) is 0 Å². The Morgan fingerprint density at radius 2 is 1.35 bits per heavy atom. The van der Waals surface area contributed by atoms with Crippen molar-refractivity contribution in [2.75, 3.05) is 14.2 Å². The van der Waals surface area contributed by atoms with Crippen LogP contribution in [-0.4, -0.2) is 14.2 Å². The highest BCUT2D eigenvalue weighted by atomic mass is 32.2. The van der Waals surface area contributed by atoms with Crippen LogP contribution in [0.3, 0.4) is 0 Å². The van der Waals surface area contributed by atoms with Gasteiger partial charge in [0.15, 0.2) is 0 Å². The van der Waals surface area contributed by atoms with Crippen LogP contribution >= 0.6 is 11.8 Å². The molecule has 17 heavy (non-hydrogen) atoms. The van der Waals surface area contributed by atoms with Gasteiger partial charge in [0.1, 0.15) is 11.5 Å². The third-order valence-corrected chi connectivity index (χ3v) is 3.46. The maximum Gasteiger partial charge on any atom is 0.136 e. The van der Waals surface area contributed by atoms with E-state index < -0.39 is 0 Å². The number of hydrogen-bond donors (Lipinski definition) is 0. The topological polar surface area (TPSA) is 18.5 Å². The van der Waals surface area contributed by atoms with Crippen LogP contribution in [-0.2, 0) is 0 Å². The van der Waals surface area contributed by atoms with Crippen LogP contribution in [0, 0.1) is 0 Å². The van der Waals surface area contributed by atoms with Crippen molar-refractivity contribution < 1.29 is 9.47 Å². The Labute approximate surface area is 106 Å². The van der Waals surface area contributed by atoms with E-state index in [9.17, 15) is 0 Å². The van der Waals surface area contributed by atoms with Crippen LogP contribution in [0.2, 0.25) is 0 Å². The first-order chi connectivity index (χ1) is 8.35. The number of methoxy groups -OCH3 is 2. The molecule has 0 aromatic heterocycles. The number of ether oxygens (including phenoxy) is 2. The molecule has 0 saturated heterocycles. The fourth-order valence-electron chi connectivity index (χ4n) is 1.52. The van der Waals surface area contributed by atoms with Crippen molar-refractivity contribution >= 4 is 11.8 Å². The van der Waals surface area contributed by atoms with Gasteiger partial charge in [-0.3, -0.25) is 0 Å². The summed E-state index contributed by atoms with van der Waals surface area (Å²) in [5, 5.41) is 0. The van der Waals surface area contributed by atoms with Gasteiger partial charge in [-0.25, -0.2) is 0 Å². The van der Waals surface area contributed by atoms with Crippen LogP contribution in [0.4, 0.5) is 0 Å². The third-order valence-electron chi connectivity index (χ3n) is 2.35. The summed E-state index contributed by atoms with van der Waals surface area (Å²) in [4.78, 5) is 2.17. The minimum atomic E-state index is 0.832. The molecule has 0 bridgehead atoms. The summed E-state index contributed by atoms with van der Waals surface area (Å²) in [6, 6.07) is 16.0.